The molecule has 2 amide bonds. The third-order valence-electron chi connectivity index (χ3n) is 5.14. The van der Waals surface area contributed by atoms with Crippen molar-refractivity contribution < 1.29 is 18.0 Å². The first-order chi connectivity index (χ1) is 14.3. The number of H-pyrrole nitrogens is 1. The number of alkyl halides is 3. The first kappa shape index (κ1) is 20.3. The van der Waals surface area contributed by atoms with Crippen LogP contribution in [0.2, 0.25) is 5.02 Å². The highest BCUT2D eigenvalue weighted by molar-refractivity contribution is 6.31. The second-order valence-corrected chi connectivity index (χ2v) is 7.42. The molecular weight excluding hydrogens is 419 g/mol. The van der Waals surface area contributed by atoms with Crippen molar-refractivity contribution in [2.75, 3.05) is 31.1 Å². The van der Waals surface area contributed by atoms with Crippen molar-refractivity contribution in [3.63, 3.8) is 0 Å². The molecular formula is C20H19ClF3N5O. The molecule has 0 bridgehead atoms. The number of amides is 2. The van der Waals surface area contributed by atoms with Gasteiger partial charge < -0.3 is 15.1 Å². The molecule has 2 heterocycles. The highest BCUT2D eigenvalue weighted by Gasteiger charge is 2.34. The van der Waals surface area contributed by atoms with Crippen LogP contribution in [0.4, 0.5) is 23.7 Å². The molecule has 1 aliphatic rings. The average Bonchev–Trinajstić information content (AvgIpc) is 3.15. The number of hydrogen-bond acceptors (Lipinski definition) is 3. The molecule has 0 saturated carbocycles. The minimum Gasteiger partial charge on any atom is -0.368 e. The number of nitrogens with one attached hydrogen (secondary N) is 2. The number of fused-ring (bicyclic) bond motifs is 1. The number of urea groups is 1. The van der Waals surface area contributed by atoms with Crippen LogP contribution >= 0.6 is 11.6 Å². The maximum atomic E-state index is 13.1. The second-order valence-electron chi connectivity index (χ2n) is 7.01. The van der Waals surface area contributed by atoms with Gasteiger partial charge in [0.25, 0.3) is 0 Å². The van der Waals surface area contributed by atoms with E-state index in [1.807, 2.05) is 29.2 Å². The highest BCUT2D eigenvalue weighted by atomic mass is 35.5. The van der Waals surface area contributed by atoms with Crippen LogP contribution in [0.1, 0.15) is 11.3 Å². The van der Waals surface area contributed by atoms with E-state index in [4.69, 9.17) is 11.6 Å². The molecule has 1 aromatic heterocycles. The fourth-order valence-corrected chi connectivity index (χ4v) is 3.74. The summed E-state index contributed by atoms with van der Waals surface area (Å²) < 4.78 is 39.3. The van der Waals surface area contributed by atoms with Crippen molar-refractivity contribution in [2.45, 2.75) is 12.7 Å². The Labute approximate surface area is 175 Å². The zero-order valence-electron chi connectivity index (χ0n) is 15.8. The van der Waals surface area contributed by atoms with Gasteiger partial charge >= 0.3 is 12.2 Å². The van der Waals surface area contributed by atoms with Gasteiger partial charge in [-0.1, -0.05) is 29.8 Å². The molecule has 0 spiro atoms. The molecule has 158 valence electrons. The standard InChI is InChI=1S/C20H19ClF3N5O/c21-16-6-5-13(11-15(16)20(22,23)24)28-7-9-29(10-8-28)19(30)25-12-18-14-3-1-2-4-17(14)26-27-18/h1-6,11H,7-10,12H2,(H,25,30)(H,26,27). The molecule has 1 aliphatic heterocycles. The monoisotopic (exact) mass is 437 g/mol. The van der Waals surface area contributed by atoms with E-state index in [0.717, 1.165) is 22.7 Å². The van der Waals surface area contributed by atoms with E-state index in [-0.39, 0.29) is 11.1 Å². The molecule has 6 nitrogen and oxygen atoms in total. The predicted molar refractivity (Wildman–Crippen MR) is 109 cm³/mol. The van der Waals surface area contributed by atoms with Crippen LogP contribution in [0.15, 0.2) is 42.5 Å². The fraction of sp³-hybridized carbons (Fsp3) is 0.300. The number of halogens is 4. The number of aromatic amines is 1. The van der Waals surface area contributed by atoms with E-state index < -0.39 is 11.7 Å². The summed E-state index contributed by atoms with van der Waals surface area (Å²) in [5, 5.41) is 10.6. The zero-order valence-corrected chi connectivity index (χ0v) is 16.6. The van der Waals surface area contributed by atoms with Crippen LogP contribution in [0, 0.1) is 0 Å². The zero-order chi connectivity index (χ0) is 21.3. The number of carbonyl (C=O) groups excluding carboxylic acids is 1. The van der Waals surface area contributed by atoms with Gasteiger partial charge in [0.1, 0.15) is 0 Å². The van der Waals surface area contributed by atoms with Gasteiger partial charge in [0.05, 0.1) is 28.3 Å². The van der Waals surface area contributed by atoms with Crippen molar-refractivity contribution in [1.29, 1.82) is 0 Å². The Kier molecular flexibility index (Phi) is 5.46. The summed E-state index contributed by atoms with van der Waals surface area (Å²) in [4.78, 5) is 16.0. The number of rotatable bonds is 3. The predicted octanol–water partition coefficient (Wildman–Crippen LogP) is 4.27. The highest BCUT2D eigenvalue weighted by Crippen LogP contribution is 2.37. The molecule has 30 heavy (non-hydrogen) atoms. The van der Waals surface area contributed by atoms with Crippen LogP contribution in [0.3, 0.4) is 0 Å². The van der Waals surface area contributed by atoms with E-state index >= 15 is 0 Å². The lowest BCUT2D eigenvalue weighted by atomic mass is 10.1. The maximum Gasteiger partial charge on any atom is 0.417 e. The van der Waals surface area contributed by atoms with Crippen molar-refractivity contribution in [2.24, 2.45) is 0 Å². The van der Waals surface area contributed by atoms with Crippen LogP contribution in [-0.2, 0) is 12.7 Å². The minimum absolute atomic E-state index is 0.222. The Morgan fingerprint density at radius 2 is 1.87 bits per heavy atom. The summed E-state index contributed by atoms with van der Waals surface area (Å²) in [6, 6.07) is 11.3. The summed E-state index contributed by atoms with van der Waals surface area (Å²) in [6.07, 6.45) is -4.51. The van der Waals surface area contributed by atoms with Gasteiger partial charge in [0.2, 0.25) is 0 Å². The first-order valence-electron chi connectivity index (χ1n) is 9.39. The SMILES string of the molecule is O=C(NCc1[nH]nc2ccccc12)N1CCN(c2ccc(Cl)c(C(F)(F)F)c2)CC1. The first-order valence-corrected chi connectivity index (χ1v) is 9.77. The Bertz CT molecular complexity index is 1060. The number of piperazine rings is 1. The molecule has 10 heteroatoms. The average molecular weight is 438 g/mol. The molecule has 1 saturated heterocycles. The number of nitrogens with zero attached hydrogens (tertiary/aromatic N) is 3. The van der Waals surface area contributed by atoms with Gasteiger partial charge in [-0.15, -0.1) is 0 Å². The largest absolute Gasteiger partial charge is 0.417 e. The smallest absolute Gasteiger partial charge is 0.368 e. The molecule has 0 aliphatic carbocycles. The van der Waals surface area contributed by atoms with E-state index in [2.05, 4.69) is 15.5 Å². The number of aromatic nitrogens is 2. The van der Waals surface area contributed by atoms with Gasteiger partial charge in [0.15, 0.2) is 0 Å². The van der Waals surface area contributed by atoms with Crippen LogP contribution in [0.5, 0.6) is 0 Å². The number of para-hydroxylation sites is 1. The van der Waals surface area contributed by atoms with E-state index in [9.17, 15) is 18.0 Å². The van der Waals surface area contributed by atoms with E-state index in [0.29, 0.717) is 38.4 Å². The van der Waals surface area contributed by atoms with Gasteiger partial charge in [-0.05, 0) is 24.3 Å². The number of hydrogen-bond donors (Lipinski definition) is 2. The topological polar surface area (TPSA) is 64.3 Å². The summed E-state index contributed by atoms with van der Waals surface area (Å²) in [7, 11) is 0. The van der Waals surface area contributed by atoms with E-state index in [1.165, 1.54) is 6.07 Å². The fourth-order valence-electron chi connectivity index (χ4n) is 3.52. The van der Waals surface area contributed by atoms with Crippen molar-refractivity contribution >= 4 is 34.2 Å². The van der Waals surface area contributed by atoms with Gasteiger partial charge in [-0.25, -0.2) is 4.79 Å². The molecule has 1 fully saturated rings. The van der Waals surface area contributed by atoms with Crippen LogP contribution in [0.25, 0.3) is 10.9 Å². The number of anilines is 1. The quantitative estimate of drug-likeness (QED) is 0.643. The molecule has 0 atom stereocenters. The molecule has 0 radical (unpaired) electrons. The molecule has 2 N–H and O–H groups in total. The summed E-state index contributed by atoms with van der Waals surface area (Å²) in [5.74, 6) is 0. The summed E-state index contributed by atoms with van der Waals surface area (Å²) in [6.45, 7) is 1.98. The summed E-state index contributed by atoms with van der Waals surface area (Å²) >= 11 is 5.69. The summed E-state index contributed by atoms with van der Waals surface area (Å²) in [5.41, 5.74) is 1.24. The van der Waals surface area contributed by atoms with Crippen molar-refractivity contribution in [3.8, 4) is 0 Å². The lowest BCUT2D eigenvalue weighted by Crippen LogP contribution is -2.51. The lowest BCUT2D eigenvalue weighted by Gasteiger charge is -2.36. The third-order valence-corrected chi connectivity index (χ3v) is 5.47. The van der Waals surface area contributed by atoms with Gasteiger partial charge in [-0.3, -0.25) is 5.10 Å². The molecule has 3 aromatic rings. The Morgan fingerprint density at radius 3 is 2.60 bits per heavy atom. The van der Waals surface area contributed by atoms with Crippen molar-refractivity contribution in [1.82, 2.24) is 20.4 Å². The maximum absolute atomic E-state index is 13.1. The molecule has 0 unspecified atom stereocenters. The van der Waals surface area contributed by atoms with Gasteiger partial charge in [-0.2, -0.15) is 18.3 Å². The van der Waals surface area contributed by atoms with E-state index in [1.54, 1.807) is 11.0 Å². The number of carbonyl (C=O) groups is 1. The number of benzene rings is 2. The minimum atomic E-state index is -4.51. The lowest BCUT2D eigenvalue weighted by molar-refractivity contribution is -0.137. The van der Waals surface area contributed by atoms with Crippen LogP contribution < -0.4 is 10.2 Å². The molecule has 4 rings (SSSR count). The van der Waals surface area contributed by atoms with Gasteiger partial charge in [0, 0.05) is 37.3 Å². The Balaban J connectivity index is 1.35. The Morgan fingerprint density at radius 1 is 1.13 bits per heavy atom. The molecule has 2 aromatic carbocycles. The Hall–Kier alpha value is -2.94. The van der Waals surface area contributed by atoms with Crippen molar-refractivity contribution in [3.05, 3.63) is 58.7 Å². The normalized spacial score (nSPS) is 14.9. The van der Waals surface area contributed by atoms with Crippen LogP contribution in [-0.4, -0.2) is 47.3 Å². The second kappa shape index (κ2) is 8.06. The third kappa shape index (κ3) is 4.16.